The van der Waals surface area contributed by atoms with Gasteiger partial charge in [-0.1, -0.05) is 6.92 Å². The van der Waals surface area contributed by atoms with Crippen molar-refractivity contribution in [1.82, 2.24) is 24.6 Å². The molecule has 2 aromatic rings. The maximum absolute atomic E-state index is 12.4. The van der Waals surface area contributed by atoms with Crippen LogP contribution in [0.3, 0.4) is 0 Å². The molecule has 2 aliphatic heterocycles. The zero-order valence-corrected chi connectivity index (χ0v) is 14.0. The summed E-state index contributed by atoms with van der Waals surface area (Å²) in [7, 11) is 0. The van der Waals surface area contributed by atoms with Gasteiger partial charge in [-0.2, -0.15) is 5.10 Å². The van der Waals surface area contributed by atoms with Gasteiger partial charge >= 0.3 is 0 Å². The Kier molecular flexibility index (Phi) is 3.60. The Morgan fingerprint density at radius 2 is 2.21 bits per heavy atom. The van der Waals surface area contributed by atoms with Crippen LogP contribution in [0.1, 0.15) is 36.0 Å². The molecule has 4 heterocycles. The van der Waals surface area contributed by atoms with E-state index in [4.69, 9.17) is 4.74 Å². The van der Waals surface area contributed by atoms with E-state index in [1.165, 1.54) is 0 Å². The third-order valence-corrected chi connectivity index (χ3v) is 4.67. The standard InChI is InChI=1S/C17H21N5O2/c1-3-4-15-18-6-13-14(20-15)9-24-17(13)10-21(11-17)16(23)8-22-7-12(2)5-19-22/h5-7H,3-4,8-11H2,1-2H3. The molecule has 2 aromatic heterocycles. The fraction of sp³-hybridized carbons (Fsp3) is 0.529. The molecule has 0 saturated carbocycles. The maximum atomic E-state index is 12.4. The minimum absolute atomic E-state index is 0.0595. The van der Waals surface area contributed by atoms with Gasteiger partial charge in [0, 0.05) is 24.4 Å². The number of nitrogens with zero attached hydrogens (tertiary/aromatic N) is 5. The van der Waals surface area contributed by atoms with Gasteiger partial charge in [-0.3, -0.25) is 9.48 Å². The Balaban J connectivity index is 1.43. The maximum Gasteiger partial charge on any atom is 0.244 e. The number of rotatable bonds is 4. The topological polar surface area (TPSA) is 73.1 Å². The van der Waals surface area contributed by atoms with Crippen LogP contribution in [-0.4, -0.2) is 43.6 Å². The largest absolute Gasteiger partial charge is 0.360 e. The van der Waals surface area contributed by atoms with E-state index in [-0.39, 0.29) is 12.5 Å². The Morgan fingerprint density at radius 3 is 2.92 bits per heavy atom. The summed E-state index contributed by atoms with van der Waals surface area (Å²) in [5.41, 5.74) is 2.66. The lowest BCUT2D eigenvalue weighted by Crippen LogP contribution is -2.61. The highest BCUT2D eigenvalue weighted by Gasteiger charge is 2.52. The summed E-state index contributed by atoms with van der Waals surface area (Å²) in [6.07, 6.45) is 7.43. The molecule has 0 unspecified atom stereocenters. The van der Waals surface area contributed by atoms with Gasteiger partial charge in [0.05, 0.1) is 31.6 Å². The average Bonchev–Trinajstić information content (AvgIpc) is 3.09. The van der Waals surface area contributed by atoms with Crippen LogP contribution in [0, 0.1) is 6.92 Å². The molecular formula is C17H21N5O2. The molecule has 0 radical (unpaired) electrons. The highest BCUT2D eigenvalue weighted by molar-refractivity contribution is 5.77. The van der Waals surface area contributed by atoms with Crippen LogP contribution in [0.2, 0.25) is 0 Å². The van der Waals surface area contributed by atoms with E-state index in [2.05, 4.69) is 22.0 Å². The molecule has 0 aliphatic carbocycles. The minimum Gasteiger partial charge on any atom is -0.360 e. The predicted octanol–water partition coefficient (Wildman–Crippen LogP) is 1.20. The Hall–Kier alpha value is -2.28. The van der Waals surface area contributed by atoms with Crippen molar-refractivity contribution in [2.45, 2.75) is 45.4 Å². The molecule has 24 heavy (non-hydrogen) atoms. The van der Waals surface area contributed by atoms with Crippen molar-refractivity contribution in [1.29, 1.82) is 0 Å². The number of aryl methyl sites for hydroxylation is 2. The third kappa shape index (κ3) is 2.49. The number of carbonyl (C=O) groups excluding carboxylic acids is 1. The average molecular weight is 327 g/mol. The first-order valence-corrected chi connectivity index (χ1v) is 8.36. The van der Waals surface area contributed by atoms with Crippen LogP contribution < -0.4 is 0 Å². The number of carbonyl (C=O) groups is 1. The van der Waals surface area contributed by atoms with E-state index in [1.54, 1.807) is 10.9 Å². The molecule has 126 valence electrons. The Bertz CT molecular complexity index is 779. The van der Waals surface area contributed by atoms with Crippen molar-refractivity contribution in [2.24, 2.45) is 0 Å². The second-order valence-electron chi connectivity index (χ2n) is 6.64. The highest BCUT2D eigenvalue weighted by Crippen LogP contribution is 2.42. The first-order valence-electron chi connectivity index (χ1n) is 8.36. The smallest absolute Gasteiger partial charge is 0.244 e. The molecule has 0 aromatic carbocycles. The summed E-state index contributed by atoms with van der Waals surface area (Å²) in [6, 6.07) is 0. The Morgan fingerprint density at radius 1 is 1.38 bits per heavy atom. The van der Waals surface area contributed by atoms with Gasteiger partial charge in [0.2, 0.25) is 5.91 Å². The van der Waals surface area contributed by atoms with Crippen LogP contribution in [0.15, 0.2) is 18.6 Å². The van der Waals surface area contributed by atoms with Crippen molar-refractivity contribution < 1.29 is 9.53 Å². The van der Waals surface area contributed by atoms with Gasteiger partial charge in [0.15, 0.2) is 0 Å². The van der Waals surface area contributed by atoms with Gasteiger partial charge in [-0.25, -0.2) is 9.97 Å². The van der Waals surface area contributed by atoms with Gasteiger partial charge in [0.25, 0.3) is 0 Å². The number of likely N-dealkylation sites (tertiary alicyclic amines) is 1. The zero-order valence-electron chi connectivity index (χ0n) is 14.0. The number of fused-ring (bicyclic) bond motifs is 2. The summed E-state index contributed by atoms with van der Waals surface area (Å²) in [4.78, 5) is 23.2. The molecule has 0 atom stereocenters. The Labute approximate surface area is 140 Å². The van der Waals surface area contributed by atoms with Crippen molar-refractivity contribution in [3.63, 3.8) is 0 Å². The second-order valence-corrected chi connectivity index (χ2v) is 6.64. The monoisotopic (exact) mass is 327 g/mol. The summed E-state index contributed by atoms with van der Waals surface area (Å²) < 4.78 is 7.67. The van der Waals surface area contributed by atoms with Crippen LogP contribution >= 0.6 is 0 Å². The fourth-order valence-corrected chi connectivity index (χ4v) is 3.38. The first-order chi connectivity index (χ1) is 11.6. The third-order valence-electron chi connectivity index (χ3n) is 4.67. The zero-order chi connectivity index (χ0) is 16.7. The fourth-order valence-electron chi connectivity index (χ4n) is 3.38. The first kappa shape index (κ1) is 15.3. The van der Waals surface area contributed by atoms with Crippen molar-refractivity contribution in [3.05, 3.63) is 41.2 Å². The van der Waals surface area contributed by atoms with Crippen LogP contribution in [0.25, 0.3) is 0 Å². The number of aromatic nitrogens is 4. The molecular weight excluding hydrogens is 306 g/mol. The molecule has 7 heteroatoms. The summed E-state index contributed by atoms with van der Waals surface area (Å²) in [5.74, 6) is 0.933. The highest BCUT2D eigenvalue weighted by atomic mass is 16.5. The van der Waals surface area contributed by atoms with Gasteiger partial charge < -0.3 is 9.64 Å². The summed E-state index contributed by atoms with van der Waals surface area (Å²) >= 11 is 0. The van der Waals surface area contributed by atoms with Gasteiger partial charge in [0.1, 0.15) is 18.0 Å². The van der Waals surface area contributed by atoms with Crippen molar-refractivity contribution >= 4 is 5.91 Å². The van der Waals surface area contributed by atoms with E-state index >= 15 is 0 Å². The predicted molar refractivity (Wildman–Crippen MR) is 86.0 cm³/mol. The van der Waals surface area contributed by atoms with E-state index in [1.807, 2.05) is 24.2 Å². The summed E-state index contributed by atoms with van der Waals surface area (Å²) in [5, 5.41) is 4.17. The molecule has 1 spiro atoms. The van der Waals surface area contributed by atoms with Crippen molar-refractivity contribution in [3.8, 4) is 0 Å². The minimum atomic E-state index is -0.407. The molecule has 0 N–H and O–H groups in total. The van der Waals surface area contributed by atoms with E-state index < -0.39 is 5.60 Å². The van der Waals surface area contributed by atoms with E-state index in [9.17, 15) is 4.79 Å². The molecule has 4 rings (SSSR count). The number of hydrogen-bond acceptors (Lipinski definition) is 5. The number of ether oxygens (including phenoxy) is 1. The quantitative estimate of drug-likeness (QED) is 0.844. The molecule has 2 aliphatic rings. The van der Waals surface area contributed by atoms with Crippen molar-refractivity contribution in [2.75, 3.05) is 13.1 Å². The van der Waals surface area contributed by atoms with Crippen LogP contribution in [0.5, 0.6) is 0 Å². The van der Waals surface area contributed by atoms with Crippen LogP contribution in [0.4, 0.5) is 0 Å². The van der Waals surface area contributed by atoms with Gasteiger partial charge in [-0.15, -0.1) is 0 Å². The molecule has 7 nitrogen and oxygen atoms in total. The number of amides is 1. The molecule has 0 bridgehead atoms. The lowest BCUT2D eigenvalue weighted by molar-refractivity contribution is -0.169. The van der Waals surface area contributed by atoms with E-state index in [0.29, 0.717) is 19.7 Å². The van der Waals surface area contributed by atoms with Gasteiger partial charge in [-0.05, 0) is 18.9 Å². The van der Waals surface area contributed by atoms with Crippen LogP contribution in [-0.2, 0) is 34.7 Å². The lowest BCUT2D eigenvalue weighted by Gasteiger charge is -2.47. The molecule has 1 fully saturated rings. The lowest BCUT2D eigenvalue weighted by atomic mass is 9.87. The number of hydrogen-bond donors (Lipinski definition) is 0. The summed E-state index contributed by atoms with van der Waals surface area (Å²) in [6.45, 7) is 5.98. The molecule has 1 amide bonds. The molecule has 1 saturated heterocycles. The SMILES string of the molecule is CCCc1ncc2c(n1)COC21CN(C(=O)Cn2cc(C)cn2)C1. The van der Waals surface area contributed by atoms with E-state index in [0.717, 1.165) is 35.5 Å². The normalized spacial score (nSPS) is 17.8. The second kappa shape index (κ2) is 5.66.